The number of hydrogen-bond acceptors (Lipinski definition) is 2. The predicted octanol–water partition coefficient (Wildman–Crippen LogP) is 4.11. The first-order valence-electron chi connectivity index (χ1n) is 6.12. The van der Waals surface area contributed by atoms with Crippen molar-refractivity contribution < 1.29 is 9.50 Å². The third-order valence-corrected chi connectivity index (χ3v) is 3.59. The maximum absolute atomic E-state index is 13.4. The second kappa shape index (κ2) is 5.19. The minimum Gasteiger partial charge on any atom is -0.384 e. The first-order valence-corrected chi connectivity index (χ1v) is 6.50. The lowest BCUT2D eigenvalue weighted by atomic mass is 9.98. The maximum atomic E-state index is 13.4. The van der Waals surface area contributed by atoms with Gasteiger partial charge in [0, 0.05) is 33.9 Å². The van der Waals surface area contributed by atoms with Crippen molar-refractivity contribution >= 4 is 22.4 Å². The van der Waals surface area contributed by atoms with Crippen molar-refractivity contribution in [3.63, 3.8) is 0 Å². The summed E-state index contributed by atoms with van der Waals surface area (Å²) < 4.78 is 13.4. The molecule has 0 fully saturated rings. The van der Waals surface area contributed by atoms with Crippen LogP contribution in [-0.4, -0.2) is 10.1 Å². The predicted molar refractivity (Wildman–Crippen MR) is 77.2 cm³/mol. The molecule has 100 valence electrons. The number of nitrogens with zero attached hydrogens (tertiary/aromatic N) is 1. The highest BCUT2D eigenvalue weighted by molar-refractivity contribution is 6.31. The van der Waals surface area contributed by atoms with Crippen LogP contribution in [-0.2, 0) is 0 Å². The second-order valence-electron chi connectivity index (χ2n) is 4.52. The Kier molecular flexibility index (Phi) is 3.38. The molecule has 1 aromatic heterocycles. The molecule has 3 aromatic rings. The van der Waals surface area contributed by atoms with Gasteiger partial charge < -0.3 is 5.11 Å². The van der Waals surface area contributed by atoms with E-state index in [2.05, 4.69) is 4.98 Å². The summed E-state index contributed by atoms with van der Waals surface area (Å²) in [6, 6.07) is 11.5. The van der Waals surface area contributed by atoms with Crippen LogP contribution in [0, 0.1) is 5.82 Å². The molecule has 1 unspecified atom stereocenters. The van der Waals surface area contributed by atoms with Crippen molar-refractivity contribution in [2.75, 3.05) is 0 Å². The molecule has 0 bridgehead atoms. The van der Waals surface area contributed by atoms with E-state index in [1.165, 1.54) is 18.2 Å². The summed E-state index contributed by atoms with van der Waals surface area (Å²) in [5.74, 6) is -0.434. The number of rotatable bonds is 2. The van der Waals surface area contributed by atoms with Gasteiger partial charge >= 0.3 is 0 Å². The Morgan fingerprint density at radius 1 is 1.05 bits per heavy atom. The number of hydrogen-bond donors (Lipinski definition) is 1. The van der Waals surface area contributed by atoms with Gasteiger partial charge in [-0.2, -0.15) is 0 Å². The molecule has 0 saturated carbocycles. The fourth-order valence-electron chi connectivity index (χ4n) is 2.25. The summed E-state index contributed by atoms with van der Waals surface area (Å²) in [6.45, 7) is 0. The molecule has 0 aliphatic heterocycles. The van der Waals surface area contributed by atoms with Gasteiger partial charge in [-0.3, -0.25) is 4.98 Å². The van der Waals surface area contributed by atoms with Gasteiger partial charge in [-0.1, -0.05) is 35.9 Å². The SMILES string of the molecule is OC(c1cc(F)ccc1Cl)c1cncc2ccccc12. The van der Waals surface area contributed by atoms with E-state index in [0.717, 1.165) is 10.8 Å². The molecular formula is C16H11ClFNO. The van der Waals surface area contributed by atoms with E-state index in [-0.39, 0.29) is 0 Å². The number of benzene rings is 2. The van der Waals surface area contributed by atoms with Crippen molar-refractivity contribution in [2.24, 2.45) is 0 Å². The first-order chi connectivity index (χ1) is 9.66. The van der Waals surface area contributed by atoms with Gasteiger partial charge in [0.2, 0.25) is 0 Å². The van der Waals surface area contributed by atoms with Gasteiger partial charge in [-0.05, 0) is 23.6 Å². The molecule has 0 spiro atoms. The number of aromatic nitrogens is 1. The molecule has 0 aliphatic rings. The average Bonchev–Trinajstić information content (AvgIpc) is 2.48. The van der Waals surface area contributed by atoms with Gasteiger partial charge in [-0.15, -0.1) is 0 Å². The van der Waals surface area contributed by atoms with Crippen LogP contribution in [0.15, 0.2) is 54.9 Å². The monoisotopic (exact) mass is 287 g/mol. The first kappa shape index (κ1) is 13.0. The third-order valence-electron chi connectivity index (χ3n) is 3.25. The zero-order valence-electron chi connectivity index (χ0n) is 10.4. The number of aliphatic hydroxyl groups is 1. The van der Waals surface area contributed by atoms with Gasteiger partial charge in [0.25, 0.3) is 0 Å². The molecule has 1 heterocycles. The second-order valence-corrected chi connectivity index (χ2v) is 4.93. The van der Waals surface area contributed by atoms with Crippen molar-refractivity contribution in [3.8, 4) is 0 Å². The maximum Gasteiger partial charge on any atom is 0.123 e. The minimum atomic E-state index is -1.02. The molecule has 20 heavy (non-hydrogen) atoms. The normalized spacial score (nSPS) is 12.6. The lowest BCUT2D eigenvalue weighted by molar-refractivity contribution is 0.221. The zero-order chi connectivity index (χ0) is 14.1. The van der Waals surface area contributed by atoms with E-state index >= 15 is 0 Å². The third kappa shape index (κ3) is 2.26. The van der Waals surface area contributed by atoms with Gasteiger partial charge in [0.05, 0.1) is 0 Å². The molecule has 1 atom stereocenters. The number of aliphatic hydroxyl groups excluding tert-OH is 1. The summed E-state index contributed by atoms with van der Waals surface area (Å²) in [5, 5.41) is 12.6. The fraction of sp³-hybridized carbons (Fsp3) is 0.0625. The van der Waals surface area contributed by atoms with E-state index in [0.29, 0.717) is 16.1 Å². The van der Waals surface area contributed by atoms with Gasteiger partial charge in [-0.25, -0.2) is 4.39 Å². The van der Waals surface area contributed by atoms with E-state index in [1.54, 1.807) is 12.4 Å². The van der Waals surface area contributed by atoms with Crippen LogP contribution in [0.2, 0.25) is 5.02 Å². The molecule has 0 saturated heterocycles. The Balaban J connectivity index is 2.17. The van der Waals surface area contributed by atoms with E-state index < -0.39 is 11.9 Å². The summed E-state index contributed by atoms with van der Waals surface area (Å²) in [5.41, 5.74) is 0.945. The van der Waals surface area contributed by atoms with Crippen molar-refractivity contribution in [2.45, 2.75) is 6.10 Å². The van der Waals surface area contributed by atoms with Gasteiger partial charge in [0.15, 0.2) is 0 Å². The molecule has 0 amide bonds. The molecule has 0 radical (unpaired) electrons. The van der Waals surface area contributed by atoms with Crippen molar-refractivity contribution in [1.82, 2.24) is 4.98 Å². The molecule has 0 aliphatic carbocycles. The molecule has 2 aromatic carbocycles. The summed E-state index contributed by atoms with van der Waals surface area (Å²) in [4.78, 5) is 4.11. The molecule has 1 N–H and O–H groups in total. The Morgan fingerprint density at radius 3 is 2.70 bits per heavy atom. The number of pyridine rings is 1. The highest BCUT2D eigenvalue weighted by Gasteiger charge is 2.17. The van der Waals surface area contributed by atoms with Crippen LogP contribution in [0.4, 0.5) is 4.39 Å². The largest absolute Gasteiger partial charge is 0.384 e. The fourth-order valence-corrected chi connectivity index (χ4v) is 2.47. The Morgan fingerprint density at radius 2 is 1.85 bits per heavy atom. The number of halogens is 2. The van der Waals surface area contributed by atoms with Crippen LogP contribution < -0.4 is 0 Å². The molecule has 4 heteroatoms. The average molecular weight is 288 g/mol. The van der Waals surface area contributed by atoms with Crippen LogP contribution in [0.25, 0.3) is 10.8 Å². The quantitative estimate of drug-likeness (QED) is 0.769. The van der Waals surface area contributed by atoms with E-state index in [1.807, 2.05) is 24.3 Å². The van der Waals surface area contributed by atoms with Crippen LogP contribution >= 0.6 is 11.6 Å². The Bertz CT molecular complexity index is 770. The highest BCUT2D eigenvalue weighted by atomic mass is 35.5. The lowest BCUT2D eigenvalue weighted by Crippen LogP contribution is -2.02. The minimum absolute atomic E-state index is 0.326. The molecule has 2 nitrogen and oxygen atoms in total. The lowest BCUT2D eigenvalue weighted by Gasteiger charge is -2.15. The van der Waals surface area contributed by atoms with Crippen molar-refractivity contribution in [3.05, 3.63) is 76.8 Å². The van der Waals surface area contributed by atoms with Crippen molar-refractivity contribution in [1.29, 1.82) is 0 Å². The Labute approximate surface area is 120 Å². The molecule has 3 rings (SSSR count). The summed E-state index contributed by atoms with van der Waals surface area (Å²) in [6.07, 6.45) is 2.28. The van der Waals surface area contributed by atoms with E-state index in [4.69, 9.17) is 11.6 Å². The van der Waals surface area contributed by atoms with Crippen LogP contribution in [0.3, 0.4) is 0 Å². The van der Waals surface area contributed by atoms with Crippen LogP contribution in [0.5, 0.6) is 0 Å². The van der Waals surface area contributed by atoms with Gasteiger partial charge in [0.1, 0.15) is 11.9 Å². The standard InChI is InChI=1S/C16H11ClFNO/c17-15-6-5-11(18)7-13(15)16(20)14-9-19-8-10-3-1-2-4-12(10)14/h1-9,16,20H. The molecular weight excluding hydrogens is 277 g/mol. The smallest absolute Gasteiger partial charge is 0.123 e. The summed E-state index contributed by atoms with van der Waals surface area (Å²) in [7, 11) is 0. The highest BCUT2D eigenvalue weighted by Crippen LogP contribution is 2.32. The van der Waals surface area contributed by atoms with Crippen LogP contribution in [0.1, 0.15) is 17.2 Å². The van der Waals surface area contributed by atoms with E-state index in [9.17, 15) is 9.50 Å². The summed E-state index contributed by atoms with van der Waals surface area (Å²) >= 11 is 6.05. The Hall–Kier alpha value is -1.97. The topological polar surface area (TPSA) is 33.1 Å². The zero-order valence-corrected chi connectivity index (χ0v) is 11.2. The number of fused-ring (bicyclic) bond motifs is 1.